The Bertz CT molecular complexity index is 707. The maximum atomic E-state index is 10.00. The molecule has 0 spiro atoms. The van der Waals surface area contributed by atoms with Crippen LogP contribution in [0.2, 0.25) is 15.1 Å². The number of hydrogen-bond donors (Lipinski definition) is 4. The molecule has 0 unspecified atom stereocenters. The summed E-state index contributed by atoms with van der Waals surface area (Å²) in [5.41, 5.74) is 0.482. The number of aromatic amines is 1. The molecule has 1 aliphatic heterocycles. The molecule has 1 fully saturated rings. The Morgan fingerprint density at radius 2 is 1.95 bits per heavy atom. The summed E-state index contributed by atoms with van der Waals surface area (Å²) in [6.45, 7) is -0.436. The van der Waals surface area contributed by atoms with Crippen molar-refractivity contribution in [3.05, 3.63) is 27.3 Å². The molecular formula is C13H12Cl3NO5. The predicted octanol–water partition coefficient (Wildman–Crippen LogP) is 1.95. The lowest BCUT2D eigenvalue weighted by Crippen LogP contribution is -2.38. The average molecular weight is 369 g/mol. The van der Waals surface area contributed by atoms with Crippen molar-refractivity contribution in [1.29, 1.82) is 0 Å². The van der Waals surface area contributed by atoms with Crippen molar-refractivity contribution in [3.8, 4) is 5.75 Å². The number of aliphatic hydroxyl groups is 3. The summed E-state index contributed by atoms with van der Waals surface area (Å²) in [6, 6.07) is 1.48. The van der Waals surface area contributed by atoms with Crippen molar-refractivity contribution in [3.63, 3.8) is 0 Å². The van der Waals surface area contributed by atoms with Gasteiger partial charge in [0.15, 0.2) is 12.4 Å². The maximum absolute atomic E-state index is 10.00. The molecule has 120 valence electrons. The molecule has 0 amide bonds. The number of halogens is 3. The summed E-state index contributed by atoms with van der Waals surface area (Å²) in [4.78, 5) is 2.89. The largest absolute Gasteiger partial charge is 0.480 e. The van der Waals surface area contributed by atoms with Crippen LogP contribution in [0.5, 0.6) is 5.75 Å². The van der Waals surface area contributed by atoms with Gasteiger partial charge in [-0.3, -0.25) is 0 Å². The number of rotatable bonds is 3. The minimum absolute atomic E-state index is 0.281. The van der Waals surface area contributed by atoms with E-state index in [-0.39, 0.29) is 15.8 Å². The van der Waals surface area contributed by atoms with Crippen molar-refractivity contribution in [2.24, 2.45) is 0 Å². The molecule has 1 aromatic heterocycles. The number of H-pyrrole nitrogens is 1. The van der Waals surface area contributed by atoms with Crippen molar-refractivity contribution >= 4 is 45.7 Å². The van der Waals surface area contributed by atoms with Crippen LogP contribution in [0.25, 0.3) is 10.9 Å². The van der Waals surface area contributed by atoms with Gasteiger partial charge in [-0.2, -0.15) is 0 Å². The van der Waals surface area contributed by atoms with E-state index < -0.39 is 31.2 Å². The third kappa shape index (κ3) is 2.55. The fourth-order valence-corrected chi connectivity index (χ4v) is 3.18. The summed E-state index contributed by atoms with van der Waals surface area (Å²) in [5.74, 6) is 0.281. The van der Waals surface area contributed by atoms with Crippen LogP contribution < -0.4 is 4.74 Å². The maximum Gasteiger partial charge on any atom is 0.195 e. The van der Waals surface area contributed by atoms with E-state index in [0.29, 0.717) is 15.9 Å². The van der Waals surface area contributed by atoms with Gasteiger partial charge >= 0.3 is 0 Å². The smallest absolute Gasteiger partial charge is 0.195 e. The Hall–Kier alpha value is -0.730. The molecule has 0 radical (unpaired) electrons. The van der Waals surface area contributed by atoms with Crippen LogP contribution in [-0.2, 0) is 4.74 Å². The lowest BCUT2D eigenvalue weighted by atomic mass is 10.1. The predicted molar refractivity (Wildman–Crippen MR) is 81.7 cm³/mol. The Morgan fingerprint density at radius 1 is 1.23 bits per heavy atom. The van der Waals surface area contributed by atoms with Crippen LogP contribution in [-0.4, -0.2) is 51.5 Å². The fraction of sp³-hybridized carbons (Fsp3) is 0.385. The quantitative estimate of drug-likeness (QED) is 0.621. The molecule has 2 aromatic rings. The first-order chi connectivity index (χ1) is 10.4. The summed E-state index contributed by atoms with van der Waals surface area (Å²) in [5, 5.41) is 30.2. The standard InChI is InChI=1S/C13H12Cl3NO5/c14-4-1-5(15)9(16)10-8(4)6(2-17-10)21-12-11(19)7(3-18)22-13(12)20/h1-2,7,11-13,17-20H,3H2/t7-,11-,12+,13+/m0/s1. The molecule has 1 saturated heterocycles. The molecule has 0 saturated carbocycles. The van der Waals surface area contributed by atoms with Crippen LogP contribution in [0.1, 0.15) is 0 Å². The highest BCUT2D eigenvalue weighted by Gasteiger charge is 2.44. The van der Waals surface area contributed by atoms with E-state index in [4.69, 9.17) is 49.4 Å². The van der Waals surface area contributed by atoms with Crippen LogP contribution in [0, 0.1) is 0 Å². The highest BCUT2D eigenvalue weighted by atomic mass is 35.5. The van der Waals surface area contributed by atoms with E-state index >= 15 is 0 Å². The van der Waals surface area contributed by atoms with Gasteiger partial charge in [0.1, 0.15) is 18.0 Å². The second-order valence-electron chi connectivity index (χ2n) is 4.88. The Balaban J connectivity index is 1.97. The van der Waals surface area contributed by atoms with Gasteiger partial charge in [-0.25, -0.2) is 0 Å². The molecule has 4 N–H and O–H groups in total. The van der Waals surface area contributed by atoms with E-state index in [9.17, 15) is 10.2 Å². The molecule has 0 bridgehead atoms. The fourth-order valence-electron chi connectivity index (χ4n) is 2.42. The second-order valence-corrected chi connectivity index (χ2v) is 6.07. The molecule has 0 aliphatic carbocycles. The SMILES string of the molecule is OC[C@@H]1O[C@@H](O)[C@H](Oc2c[nH]c3c(Cl)c(Cl)cc(Cl)c23)[C@H]1O. The van der Waals surface area contributed by atoms with E-state index in [1.165, 1.54) is 12.3 Å². The van der Waals surface area contributed by atoms with Crippen molar-refractivity contribution in [2.75, 3.05) is 6.61 Å². The minimum atomic E-state index is -1.38. The normalized spacial score (nSPS) is 28.5. The lowest BCUT2D eigenvalue weighted by Gasteiger charge is -2.18. The molecule has 6 nitrogen and oxygen atoms in total. The number of aliphatic hydroxyl groups excluding tert-OH is 3. The summed E-state index contributed by atoms with van der Waals surface area (Å²) < 4.78 is 10.6. The van der Waals surface area contributed by atoms with Gasteiger partial charge in [0, 0.05) is 6.20 Å². The zero-order valence-electron chi connectivity index (χ0n) is 11.0. The van der Waals surface area contributed by atoms with Gasteiger partial charge in [-0.1, -0.05) is 34.8 Å². The van der Waals surface area contributed by atoms with Crippen molar-refractivity contribution in [2.45, 2.75) is 24.6 Å². The van der Waals surface area contributed by atoms with E-state index in [0.717, 1.165) is 0 Å². The van der Waals surface area contributed by atoms with Crippen molar-refractivity contribution in [1.82, 2.24) is 4.98 Å². The van der Waals surface area contributed by atoms with E-state index in [1.807, 2.05) is 0 Å². The van der Waals surface area contributed by atoms with Gasteiger partial charge in [0.05, 0.1) is 32.6 Å². The number of nitrogens with one attached hydrogen (secondary N) is 1. The molecular weight excluding hydrogens is 357 g/mol. The third-order valence-corrected chi connectivity index (χ3v) is 4.61. The van der Waals surface area contributed by atoms with Gasteiger partial charge in [0.25, 0.3) is 0 Å². The molecule has 1 aromatic carbocycles. The van der Waals surface area contributed by atoms with Gasteiger partial charge in [-0.15, -0.1) is 0 Å². The second kappa shape index (κ2) is 6.05. The van der Waals surface area contributed by atoms with Gasteiger partial charge in [-0.05, 0) is 6.07 Å². The van der Waals surface area contributed by atoms with E-state index in [2.05, 4.69) is 4.98 Å². The molecule has 1 aliphatic rings. The minimum Gasteiger partial charge on any atom is -0.480 e. The number of fused-ring (bicyclic) bond motifs is 1. The Kier molecular flexibility index (Phi) is 4.44. The molecule has 4 atom stereocenters. The van der Waals surface area contributed by atoms with Crippen LogP contribution in [0.15, 0.2) is 12.3 Å². The monoisotopic (exact) mass is 367 g/mol. The summed E-state index contributed by atoms with van der Waals surface area (Å²) in [6.07, 6.45) is -3.06. The molecule has 22 heavy (non-hydrogen) atoms. The molecule has 2 heterocycles. The van der Waals surface area contributed by atoms with Crippen LogP contribution in [0.4, 0.5) is 0 Å². The first kappa shape index (κ1) is 16.1. The topological polar surface area (TPSA) is 94.9 Å². The first-order valence-corrected chi connectivity index (χ1v) is 7.51. The van der Waals surface area contributed by atoms with Crippen LogP contribution in [0.3, 0.4) is 0 Å². The summed E-state index contributed by atoms with van der Waals surface area (Å²) >= 11 is 18.2. The van der Waals surface area contributed by atoms with Crippen molar-refractivity contribution < 1.29 is 24.8 Å². The molecule has 9 heteroatoms. The third-order valence-electron chi connectivity index (χ3n) is 3.52. The lowest BCUT2D eigenvalue weighted by molar-refractivity contribution is -0.128. The Labute approximate surface area is 140 Å². The Morgan fingerprint density at radius 3 is 2.59 bits per heavy atom. The zero-order chi connectivity index (χ0) is 16.0. The number of benzene rings is 1. The highest BCUT2D eigenvalue weighted by molar-refractivity contribution is 6.47. The van der Waals surface area contributed by atoms with Crippen LogP contribution >= 0.6 is 34.8 Å². The zero-order valence-corrected chi connectivity index (χ0v) is 13.2. The average Bonchev–Trinajstić information content (AvgIpc) is 3.01. The summed E-state index contributed by atoms with van der Waals surface area (Å²) in [7, 11) is 0. The highest BCUT2D eigenvalue weighted by Crippen LogP contribution is 2.41. The van der Waals surface area contributed by atoms with E-state index in [1.54, 1.807) is 0 Å². The molecule has 3 rings (SSSR count). The number of hydrogen-bond acceptors (Lipinski definition) is 5. The van der Waals surface area contributed by atoms with Gasteiger partial charge < -0.3 is 29.8 Å². The number of aromatic nitrogens is 1. The van der Waals surface area contributed by atoms with Gasteiger partial charge in [0.2, 0.25) is 0 Å². The first-order valence-electron chi connectivity index (χ1n) is 6.37. The number of ether oxygens (including phenoxy) is 2.